The van der Waals surface area contributed by atoms with E-state index < -0.39 is 0 Å². The number of benzene rings is 1. The lowest BCUT2D eigenvalue weighted by molar-refractivity contribution is 0.0166. The van der Waals surface area contributed by atoms with Crippen LogP contribution in [0.3, 0.4) is 0 Å². The summed E-state index contributed by atoms with van der Waals surface area (Å²) in [5.74, 6) is -0.578. The summed E-state index contributed by atoms with van der Waals surface area (Å²) in [7, 11) is 0. The monoisotopic (exact) mass is 413 g/mol. The van der Waals surface area contributed by atoms with Crippen LogP contribution in [0.4, 0.5) is 4.39 Å². The Labute approximate surface area is 173 Å². The molecule has 1 aliphatic rings. The molecule has 0 aliphatic carbocycles. The molecule has 1 aromatic carbocycles. The fourth-order valence-corrected chi connectivity index (χ4v) is 3.50. The molecule has 3 heterocycles. The summed E-state index contributed by atoms with van der Waals surface area (Å²) in [5, 5.41) is 7.43. The number of rotatable bonds is 8. The average molecular weight is 413 g/mol. The molecule has 1 atom stereocenters. The van der Waals surface area contributed by atoms with Gasteiger partial charge in [-0.3, -0.25) is 4.79 Å². The van der Waals surface area contributed by atoms with Crippen molar-refractivity contribution in [2.24, 2.45) is 0 Å². The second-order valence-corrected chi connectivity index (χ2v) is 7.33. The largest absolute Gasteiger partial charge is 0.379 e. The van der Waals surface area contributed by atoms with Crippen molar-refractivity contribution in [3.63, 3.8) is 0 Å². The van der Waals surface area contributed by atoms with Crippen molar-refractivity contribution in [2.75, 3.05) is 26.4 Å². The Kier molecular flexibility index (Phi) is 6.35. The standard InChI is InChI=1S/C22H24FN3O4/c1-14-20-18(21(27)24-9-3-10-28-13-17-4-2-11-29-17)12-19(25-22(20)30-26-14)15-5-7-16(23)8-6-15/h5-8,12,17H,2-4,9-11,13H2,1H3,(H,24,27). The maximum atomic E-state index is 13.3. The number of halogens is 1. The number of hydrogen-bond donors (Lipinski definition) is 1. The fourth-order valence-electron chi connectivity index (χ4n) is 3.50. The molecule has 1 amide bonds. The Bertz CT molecular complexity index is 1010. The highest BCUT2D eigenvalue weighted by atomic mass is 19.1. The summed E-state index contributed by atoms with van der Waals surface area (Å²) in [4.78, 5) is 17.3. The smallest absolute Gasteiger partial charge is 0.259 e. The average Bonchev–Trinajstić information content (AvgIpc) is 3.40. The highest BCUT2D eigenvalue weighted by molar-refractivity contribution is 6.06. The van der Waals surface area contributed by atoms with Crippen LogP contribution < -0.4 is 5.32 Å². The van der Waals surface area contributed by atoms with E-state index in [2.05, 4.69) is 15.5 Å². The van der Waals surface area contributed by atoms with Gasteiger partial charge in [-0.1, -0.05) is 5.16 Å². The van der Waals surface area contributed by atoms with E-state index in [1.807, 2.05) is 0 Å². The number of aryl methyl sites for hydroxylation is 1. The number of carbonyl (C=O) groups excluding carboxylic acids is 1. The van der Waals surface area contributed by atoms with E-state index in [0.717, 1.165) is 19.4 Å². The summed E-state index contributed by atoms with van der Waals surface area (Å²) in [6.07, 6.45) is 3.03. The van der Waals surface area contributed by atoms with Gasteiger partial charge in [-0.25, -0.2) is 9.37 Å². The predicted octanol–water partition coefficient (Wildman–Crippen LogP) is 3.65. The number of carbonyl (C=O) groups is 1. The zero-order valence-corrected chi connectivity index (χ0v) is 16.8. The molecule has 0 radical (unpaired) electrons. The van der Waals surface area contributed by atoms with E-state index in [1.165, 1.54) is 12.1 Å². The van der Waals surface area contributed by atoms with Gasteiger partial charge in [0.05, 0.1) is 35.0 Å². The van der Waals surface area contributed by atoms with Crippen molar-refractivity contribution in [3.05, 3.63) is 47.4 Å². The molecule has 3 aromatic rings. The van der Waals surface area contributed by atoms with Gasteiger partial charge in [0.2, 0.25) is 0 Å². The van der Waals surface area contributed by atoms with E-state index in [4.69, 9.17) is 14.0 Å². The third-order valence-corrected chi connectivity index (χ3v) is 5.08. The molecule has 1 saturated heterocycles. The number of aromatic nitrogens is 2. The van der Waals surface area contributed by atoms with Gasteiger partial charge >= 0.3 is 0 Å². The van der Waals surface area contributed by atoms with E-state index >= 15 is 0 Å². The number of nitrogens with zero attached hydrogens (tertiary/aromatic N) is 2. The van der Waals surface area contributed by atoms with Crippen molar-refractivity contribution in [3.8, 4) is 11.3 Å². The van der Waals surface area contributed by atoms with Gasteiger partial charge in [0.1, 0.15) is 5.82 Å². The van der Waals surface area contributed by atoms with E-state index in [-0.39, 0.29) is 23.5 Å². The van der Waals surface area contributed by atoms with E-state index in [1.54, 1.807) is 25.1 Å². The van der Waals surface area contributed by atoms with Crippen LogP contribution in [0, 0.1) is 12.7 Å². The minimum absolute atomic E-state index is 0.200. The lowest BCUT2D eigenvalue weighted by Gasteiger charge is -2.11. The highest BCUT2D eigenvalue weighted by Gasteiger charge is 2.19. The Morgan fingerprint density at radius 2 is 2.17 bits per heavy atom. The quantitative estimate of drug-likeness (QED) is 0.567. The van der Waals surface area contributed by atoms with Crippen LogP contribution in [-0.2, 0) is 9.47 Å². The van der Waals surface area contributed by atoms with Crippen LogP contribution in [0.25, 0.3) is 22.4 Å². The molecular weight excluding hydrogens is 389 g/mol. The molecule has 1 aliphatic heterocycles. The molecule has 0 saturated carbocycles. The maximum Gasteiger partial charge on any atom is 0.259 e. The summed E-state index contributed by atoms with van der Waals surface area (Å²) >= 11 is 0. The highest BCUT2D eigenvalue weighted by Crippen LogP contribution is 2.27. The number of ether oxygens (including phenoxy) is 2. The van der Waals surface area contributed by atoms with Gasteiger partial charge in [-0.05, 0) is 56.5 Å². The van der Waals surface area contributed by atoms with Crippen LogP contribution in [0.5, 0.6) is 0 Å². The lowest BCUT2D eigenvalue weighted by Crippen LogP contribution is -2.26. The van der Waals surface area contributed by atoms with Gasteiger partial charge < -0.3 is 19.3 Å². The number of hydrogen-bond acceptors (Lipinski definition) is 6. The summed E-state index contributed by atoms with van der Waals surface area (Å²) < 4.78 is 29.7. The molecule has 0 bridgehead atoms. The number of amides is 1. The van der Waals surface area contributed by atoms with Gasteiger partial charge in [0.15, 0.2) is 0 Å². The maximum absolute atomic E-state index is 13.3. The molecule has 1 fully saturated rings. The first-order valence-corrected chi connectivity index (χ1v) is 10.1. The Morgan fingerprint density at radius 3 is 2.93 bits per heavy atom. The number of fused-ring (bicyclic) bond motifs is 1. The van der Waals surface area contributed by atoms with Crippen LogP contribution >= 0.6 is 0 Å². The van der Waals surface area contributed by atoms with Gasteiger partial charge in [0, 0.05) is 25.3 Å². The minimum Gasteiger partial charge on any atom is -0.379 e. The first-order valence-electron chi connectivity index (χ1n) is 10.1. The lowest BCUT2D eigenvalue weighted by atomic mass is 10.0. The first-order chi connectivity index (χ1) is 14.6. The summed E-state index contributed by atoms with van der Waals surface area (Å²) in [6, 6.07) is 7.61. The zero-order chi connectivity index (χ0) is 20.9. The second-order valence-electron chi connectivity index (χ2n) is 7.33. The van der Waals surface area contributed by atoms with Crippen LogP contribution in [0.15, 0.2) is 34.9 Å². The van der Waals surface area contributed by atoms with Crippen molar-refractivity contribution >= 4 is 17.0 Å². The molecule has 8 heteroatoms. The van der Waals surface area contributed by atoms with Gasteiger partial charge in [-0.2, -0.15) is 0 Å². The Balaban J connectivity index is 1.42. The van der Waals surface area contributed by atoms with Gasteiger partial charge in [0.25, 0.3) is 11.6 Å². The van der Waals surface area contributed by atoms with Crippen LogP contribution in [0.2, 0.25) is 0 Å². The molecular formula is C22H24FN3O4. The Morgan fingerprint density at radius 1 is 1.33 bits per heavy atom. The van der Waals surface area contributed by atoms with Crippen molar-refractivity contribution in [1.29, 1.82) is 0 Å². The molecule has 158 valence electrons. The van der Waals surface area contributed by atoms with Crippen molar-refractivity contribution in [2.45, 2.75) is 32.3 Å². The zero-order valence-electron chi connectivity index (χ0n) is 16.8. The summed E-state index contributed by atoms with van der Waals surface area (Å²) in [6.45, 7) is 4.21. The molecule has 2 aromatic heterocycles. The Hall–Kier alpha value is -2.84. The third kappa shape index (κ3) is 4.66. The molecule has 7 nitrogen and oxygen atoms in total. The van der Waals surface area contributed by atoms with Crippen molar-refractivity contribution < 1.29 is 23.2 Å². The third-order valence-electron chi connectivity index (χ3n) is 5.08. The molecule has 1 unspecified atom stereocenters. The molecule has 0 spiro atoms. The topological polar surface area (TPSA) is 86.5 Å². The van der Waals surface area contributed by atoms with Crippen molar-refractivity contribution in [1.82, 2.24) is 15.5 Å². The summed E-state index contributed by atoms with van der Waals surface area (Å²) in [5.41, 5.74) is 2.50. The fraction of sp³-hybridized carbons (Fsp3) is 0.409. The van der Waals surface area contributed by atoms with Crippen LogP contribution in [0.1, 0.15) is 35.3 Å². The minimum atomic E-state index is -0.338. The second kappa shape index (κ2) is 9.32. The SMILES string of the molecule is Cc1noc2nc(-c3ccc(F)cc3)cc(C(=O)NCCCOCC3CCCO3)c12. The number of pyridine rings is 1. The predicted molar refractivity (Wildman–Crippen MR) is 109 cm³/mol. The first kappa shape index (κ1) is 20.4. The van der Waals surface area contributed by atoms with Crippen LogP contribution in [-0.4, -0.2) is 48.5 Å². The normalized spacial score (nSPS) is 16.3. The number of nitrogens with one attached hydrogen (secondary N) is 1. The molecule has 4 rings (SSSR count). The molecule has 30 heavy (non-hydrogen) atoms. The van der Waals surface area contributed by atoms with E-state index in [9.17, 15) is 9.18 Å². The molecule has 1 N–H and O–H groups in total. The van der Waals surface area contributed by atoms with E-state index in [0.29, 0.717) is 54.1 Å². The van der Waals surface area contributed by atoms with Gasteiger partial charge in [-0.15, -0.1) is 0 Å².